The summed E-state index contributed by atoms with van der Waals surface area (Å²) in [5.41, 5.74) is 5.73. The smallest absolute Gasteiger partial charge is 0.210 e. The molecular weight excluding hydrogens is 392 g/mol. The summed E-state index contributed by atoms with van der Waals surface area (Å²) in [5, 5.41) is 9.35. The number of nitrogens with zero attached hydrogens (tertiary/aromatic N) is 6. The highest BCUT2D eigenvalue weighted by Crippen LogP contribution is 2.36. The number of rotatable bonds is 6. The van der Waals surface area contributed by atoms with E-state index in [1.165, 1.54) is 5.69 Å². The van der Waals surface area contributed by atoms with Crippen molar-refractivity contribution in [3.05, 3.63) is 47.9 Å². The van der Waals surface area contributed by atoms with Gasteiger partial charge in [-0.25, -0.2) is 0 Å². The summed E-state index contributed by atoms with van der Waals surface area (Å²) in [6.45, 7) is 5.75. The van der Waals surface area contributed by atoms with Crippen molar-refractivity contribution in [2.24, 2.45) is 7.05 Å². The molecule has 31 heavy (non-hydrogen) atoms. The van der Waals surface area contributed by atoms with Crippen LogP contribution in [0.5, 0.6) is 0 Å². The highest BCUT2D eigenvalue weighted by molar-refractivity contribution is 5.70. The Morgan fingerprint density at radius 1 is 1.26 bits per heavy atom. The monoisotopic (exact) mass is 420 g/mol. The SMILES string of the molecule is CCN(c1ccc(-c2cnn(C)c2)cc1)c1nn(C2CCOC2)c2c1CN(C=O)CC2. The molecule has 1 saturated heterocycles. The lowest BCUT2D eigenvalue weighted by molar-refractivity contribution is -0.118. The van der Waals surface area contributed by atoms with Gasteiger partial charge in [-0.2, -0.15) is 10.2 Å². The summed E-state index contributed by atoms with van der Waals surface area (Å²) in [5.74, 6) is 0.949. The predicted molar refractivity (Wildman–Crippen MR) is 118 cm³/mol. The summed E-state index contributed by atoms with van der Waals surface area (Å²) < 4.78 is 9.62. The zero-order valence-corrected chi connectivity index (χ0v) is 18.1. The molecule has 1 amide bonds. The molecule has 5 rings (SSSR count). The minimum absolute atomic E-state index is 0.275. The number of anilines is 2. The largest absolute Gasteiger partial charge is 0.379 e. The van der Waals surface area contributed by atoms with Crippen LogP contribution in [0.15, 0.2) is 36.7 Å². The van der Waals surface area contributed by atoms with Crippen molar-refractivity contribution in [1.82, 2.24) is 24.5 Å². The van der Waals surface area contributed by atoms with Crippen LogP contribution in [0, 0.1) is 0 Å². The lowest BCUT2D eigenvalue weighted by atomic mass is 10.1. The molecule has 0 spiro atoms. The van der Waals surface area contributed by atoms with Crippen molar-refractivity contribution in [3.8, 4) is 11.1 Å². The highest BCUT2D eigenvalue weighted by atomic mass is 16.5. The predicted octanol–water partition coefficient (Wildman–Crippen LogP) is 2.92. The molecule has 1 unspecified atom stereocenters. The number of aromatic nitrogens is 4. The number of hydrogen-bond acceptors (Lipinski definition) is 5. The van der Waals surface area contributed by atoms with Crippen molar-refractivity contribution in [3.63, 3.8) is 0 Å². The van der Waals surface area contributed by atoms with Crippen molar-refractivity contribution >= 4 is 17.9 Å². The summed E-state index contributed by atoms with van der Waals surface area (Å²) in [7, 11) is 1.92. The standard InChI is InChI=1S/C23H28N6O2/c1-3-28(19-6-4-17(5-7-19)18-12-24-26(2)13-18)23-21-14-27(16-30)10-8-22(21)29(25-23)20-9-11-31-15-20/h4-7,12-13,16,20H,3,8-11,14-15H2,1-2H3. The average molecular weight is 421 g/mol. The van der Waals surface area contributed by atoms with E-state index in [0.29, 0.717) is 13.2 Å². The van der Waals surface area contributed by atoms with Gasteiger partial charge in [0.2, 0.25) is 6.41 Å². The molecule has 0 radical (unpaired) electrons. The van der Waals surface area contributed by atoms with Crippen LogP contribution in [-0.2, 0) is 29.5 Å². The third kappa shape index (κ3) is 3.61. The average Bonchev–Trinajstić information content (AvgIpc) is 3.55. The summed E-state index contributed by atoms with van der Waals surface area (Å²) in [6.07, 6.45) is 6.65. The van der Waals surface area contributed by atoms with Gasteiger partial charge in [-0.3, -0.25) is 14.2 Å². The summed E-state index contributed by atoms with van der Waals surface area (Å²) in [6, 6.07) is 8.80. The second-order valence-corrected chi connectivity index (χ2v) is 8.23. The van der Waals surface area contributed by atoms with Gasteiger partial charge in [0.15, 0.2) is 5.82 Å². The minimum Gasteiger partial charge on any atom is -0.379 e. The number of amides is 1. The zero-order chi connectivity index (χ0) is 21.4. The Balaban J connectivity index is 1.52. The first-order valence-corrected chi connectivity index (χ1v) is 10.9. The third-order valence-electron chi connectivity index (χ3n) is 6.28. The fourth-order valence-corrected chi connectivity index (χ4v) is 4.63. The number of carbonyl (C=O) groups excluding carboxylic acids is 1. The maximum absolute atomic E-state index is 11.5. The van der Waals surface area contributed by atoms with Crippen LogP contribution < -0.4 is 4.90 Å². The van der Waals surface area contributed by atoms with Gasteiger partial charge in [0.25, 0.3) is 0 Å². The Labute approximate surface area is 182 Å². The van der Waals surface area contributed by atoms with E-state index in [4.69, 9.17) is 9.84 Å². The lowest BCUT2D eigenvalue weighted by Gasteiger charge is -2.27. The molecular formula is C23H28N6O2. The number of hydrogen-bond donors (Lipinski definition) is 0. The molecule has 0 saturated carbocycles. The second-order valence-electron chi connectivity index (χ2n) is 8.23. The quantitative estimate of drug-likeness (QED) is 0.574. The lowest BCUT2D eigenvalue weighted by Crippen LogP contribution is -2.31. The van der Waals surface area contributed by atoms with Gasteiger partial charge < -0.3 is 14.5 Å². The number of benzene rings is 1. The third-order valence-corrected chi connectivity index (χ3v) is 6.28. The van der Waals surface area contributed by atoms with Gasteiger partial charge >= 0.3 is 0 Å². The van der Waals surface area contributed by atoms with E-state index in [2.05, 4.69) is 45.9 Å². The van der Waals surface area contributed by atoms with E-state index in [-0.39, 0.29) is 6.04 Å². The van der Waals surface area contributed by atoms with E-state index in [9.17, 15) is 4.79 Å². The van der Waals surface area contributed by atoms with E-state index in [0.717, 1.165) is 67.1 Å². The second kappa shape index (κ2) is 8.19. The van der Waals surface area contributed by atoms with Crippen LogP contribution in [0.1, 0.15) is 30.6 Å². The molecule has 0 aliphatic carbocycles. The Morgan fingerprint density at radius 3 is 2.74 bits per heavy atom. The van der Waals surface area contributed by atoms with E-state index < -0.39 is 0 Å². The van der Waals surface area contributed by atoms with Crippen LogP contribution in [0.3, 0.4) is 0 Å². The highest BCUT2D eigenvalue weighted by Gasteiger charge is 2.31. The molecule has 1 aromatic carbocycles. The van der Waals surface area contributed by atoms with E-state index in [1.807, 2.05) is 29.0 Å². The minimum atomic E-state index is 0.275. The first kappa shape index (κ1) is 19.8. The fourth-order valence-electron chi connectivity index (χ4n) is 4.63. The van der Waals surface area contributed by atoms with E-state index >= 15 is 0 Å². The summed E-state index contributed by atoms with van der Waals surface area (Å²) in [4.78, 5) is 15.6. The van der Waals surface area contributed by atoms with Crippen LogP contribution in [-0.4, -0.2) is 57.2 Å². The normalized spacial score (nSPS) is 18.3. The number of aryl methyl sites for hydroxylation is 1. The molecule has 2 aliphatic heterocycles. The van der Waals surface area contributed by atoms with Crippen molar-refractivity contribution in [1.29, 1.82) is 0 Å². The first-order valence-electron chi connectivity index (χ1n) is 10.9. The fraction of sp³-hybridized carbons (Fsp3) is 0.435. The molecule has 8 heteroatoms. The van der Waals surface area contributed by atoms with Crippen LogP contribution >= 0.6 is 0 Å². The Kier molecular flexibility index (Phi) is 5.23. The molecule has 2 aromatic heterocycles. The maximum atomic E-state index is 11.5. The van der Waals surface area contributed by atoms with Gasteiger partial charge in [-0.15, -0.1) is 0 Å². The Bertz CT molecular complexity index is 1060. The van der Waals surface area contributed by atoms with Gasteiger partial charge in [0.1, 0.15) is 0 Å². The van der Waals surface area contributed by atoms with Gasteiger partial charge in [0.05, 0.1) is 25.4 Å². The molecule has 8 nitrogen and oxygen atoms in total. The molecule has 4 heterocycles. The van der Waals surface area contributed by atoms with Crippen LogP contribution in [0.2, 0.25) is 0 Å². The number of carbonyl (C=O) groups is 1. The summed E-state index contributed by atoms with van der Waals surface area (Å²) >= 11 is 0. The molecule has 0 N–H and O–H groups in total. The molecule has 1 atom stereocenters. The first-order chi connectivity index (χ1) is 15.2. The van der Waals surface area contributed by atoms with Crippen LogP contribution in [0.25, 0.3) is 11.1 Å². The topological polar surface area (TPSA) is 68.4 Å². The zero-order valence-electron chi connectivity index (χ0n) is 18.1. The van der Waals surface area contributed by atoms with Gasteiger partial charge in [0, 0.05) is 61.9 Å². The number of fused-ring (bicyclic) bond motifs is 1. The number of ether oxygens (including phenoxy) is 1. The van der Waals surface area contributed by atoms with Crippen LogP contribution in [0.4, 0.5) is 11.5 Å². The molecule has 1 fully saturated rings. The van der Waals surface area contributed by atoms with Crippen molar-refractivity contribution in [2.75, 3.05) is 31.2 Å². The van der Waals surface area contributed by atoms with Crippen molar-refractivity contribution < 1.29 is 9.53 Å². The molecule has 162 valence electrons. The molecule has 3 aromatic rings. The Hall–Kier alpha value is -3.13. The Morgan fingerprint density at radius 2 is 2.10 bits per heavy atom. The maximum Gasteiger partial charge on any atom is 0.210 e. The van der Waals surface area contributed by atoms with Gasteiger partial charge in [-0.1, -0.05) is 12.1 Å². The van der Waals surface area contributed by atoms with Gasteiger partial charge in [-0.05, 0) is 31.0 Å². The molecule has 0 bridgehead atoms. The molecule has 2 aliphatic rings. The van der Waals surface area contributed by atoms with E-state index in [1.54, 1.807) is 0 Å². The van der Waals surface area contributed by atoms with Crippen molar-refractivity contribution in [2.45, 2.75) is 32.4 Å².